The van der Waals surface area contributed by atoms with E-state index >= 15 is 0 Å². The predicted octanol–water partition coefficient (Wildman–Crippen LogP) is 2.48. The molecular formula is C13H18INO2. The number of fused-ring (bicyclic) bond motifs is 1. The molecule has 0 aliphatic carbocycles. The first-order valence-corrected chi connectivity index (χ1v) is 7.12. The van der Waals surface area contributed by atoms with Crippen molar-refractivity contribution in [2.24, 2.45) is 0 Å². The molecule has 0 fully saturated rings. The zero-order valence-electron chi connectivity index (χ0n) is 9.95. The number of nitrogens with one attached hydrogen (secondary N) is 1. The number of aliphatic hydroxyl groups excluding tert-OH is 1. The van der Waals surface area contributed by atoms with Gasteiger partial charge in [0.05, 0.1) is 12.7 Å². The quantitative estimate of drug-likeness (QED) is 0.823. The van der Waals surface area contributed by atoms with E-state index in [2.05, 4.69) is 40.0 Å². The van der Waals surface area contributed by atoms with Crippen LogP contribution < -0.4 is 10.1 Å². The molecule has 1 heterocycles. The Morgan fingerprint density at radius 2 is 2.41 bits per heavy atom. The SMILES string of the molecule is CCC(O)CN[C@H]1CCOc2ccc(I)cc21. The minimum Gasteiger partial charge on any atom is -0.493 e. The molecule has 1 aromatic carbocycles. The topological polar surface area (TPSA) is 41.5 Å². The number of hydrogen-bond acceptors (Lipinski definition) is 3. The van der Waals surface area contributed by atoms with Crippen LogP contribution in [0.4, 0.5) is 0 Å². The van der Waals surface area contributed by atoms with Crippen molar-refractivity contribution in [3.63, 3.8) is 0 Å². The number of hydrogen-bond donors (Lipinski definition) is 2. The highest BCUT2D eigenvalue weighted by Gasteiger charge is 2.21. The van der Waals surface area contributed by atoms with Gasteiger partial charge in [-0.3, -0.25) is 0 Å². The second kappa shape index (κ2) is 6.02. The maximum Gasteiger partial charge on any atom is 0.124 e. The highest BCUT2D eigenvalue weighted by atomic mass is 127. The Morgan fingerprint density at radius 1 is 1.59 bits per heavy atom. The van der Waals surface area contributed by atoms with Gasteiger partial charge < -0.3 is 15.2 Å². The first-order valence-electron chi connectivity index (χ1n) is 6.04. The van der Waals surface area contributed by atoms with Crippen molar-refractivity contribution in [3.05, 3.63) is 27.3 Å². The Kier molecular flexibility index (Phi) is 4.64. The third-order valence-electron chi connectivity index (χ3n) is 3.08. The third kappa shape index (κ3) is 3.33. The molecule has 4 heteroatoms. The van der Waals surface area contributed by atoms with Crippen molar-refractivity contribution in [2.75, 3.05) is 13.2 Å². The lowest BCUT2D eigenvalue weighted by molar-refractivity contribution is 0.156. The molecule has 17 heavy (non-hydrogen) atoms. The average molecular weight is 347 g/mol. The molecule has 0 bridgehead atoms. The molecule has 0 saturated heterocycles. The molecule has 2 atom stereocenters. The van der Waals surface area contributed by atoms with E-state index in [1.807, 2.05) is 13.0 Å². The zero-order chi connectivity index (χ0) is 12.3. The summed E-state index contributed by atoms with van der Waals surface area (Å²) in [6.07, 6.45) is 1.49. The van der Waals surface area contributed by atoms with E-state index < -0.39 is 0 Å². The molecule has 1 unspecified atom stereocenters. The van der Waals surface area contributed by atoms with E-state index in [0.717, 1.165) is 25.2 Å². The Hall–Kier alpha value is -0.330. The predicted molar refractivity (Wildman–Crippen MR) is 76.3 cm³/mol. The highest BCUT2D eigenvalue weighted by Crippen LogP contribution is 2.33. The van der Waals surface area contributed by atoms with Crippen molar-refractivity contribution >= 4 is 22.6 Å². The zero-order valence-corrected chi connectivity index (χ0v) is 12.1. The molecule has 2 rings (SSSR count). The summed E-state index contributed by atoms with van der Waals surface area (Å²) in [7, 11) is 0. The summed E-state index contributed by atoms with van der Waals surface area (Å²) in [6.45, 7) is 3.38. The van der Waals surface area contributed by atoms with Crippen molar-refractivity contribution in [2.45, 2.75) is 31.9 Å². The molecule has 0 saturated carbocycles. The van der Waals surface area contributed by atoms with E-state index in [1.54, 1.807) is 0 Å². The molecule has 1 aromatic rings. The molecule has 1 aliphatic rings. The summed E-state index contributed by atoms with van der Waals surface area (Å²) in [6, 6.07) is 6.55. The number of ether oxygens (including phenoxy) is 1. The maximum atomic E-state index is 9.60. The molecular weight excluding hydrogens is 329 g/mol. The van der Waals surface area contributed by atoms with E-state index in [4.69, 9.17) is 4.74 Å². The van der Waals surface area contributed by atoms with Crippen molar-refractivity contribution in [3.8, 4) is 5.75 Å². The van der Waals surface area contributed by atoms with Gasteiger partial charge in [0.25, 0.3) is 0 Å². The van der Waals surface area contributed by atoms with Gasteiger partial charge in [0.2, 0.25) is 0 Å². The Labute approximate surface area is 116 Å². The van der Waals surface area contributed by atoms with Crippen molar-refractivity contribution in [1.82, 2.24) is 5.32 Å². The summed E-state index contributed by atoms with van der Waals surface area (Å²) in [5.74, 6) is 0.972. The molecule has 0 amide bonds. The third-order valence-corrected chi connectivity index (χ3v) is 3.75. The van der Waals surface area contributed by atoms with Gasteiger partial charge in [-0.15, -0.1) is 0 Å². The van der Waals surface area contributed by atoms with E-state index in [-0.39, 0.29) is 6.10 Å². The summed E-state index contributed by atoms with van der Waals surface area (Å²) in [5.41, 5.74) is 1.21. The molecule has 0 spiro atoms. The lowest BCUT2D eigenvalue weighted by Crippen LogP contribution is -2.33. The van der Waals surface area contributed by atoms with Crippen LogP contribution in [-0.2, 0) is 0 Å². The van der Waals surface area contributed by atoms with Gasteiger partial charge in [-0.1, -0.05) is 6.92 Å². The van der Waals surface area contributed by atoms with Gasteiger partial charge in [-0.2, -0.15) is 0 Å². The molecule has 0 aromatic heterocycles. The Bertz CT molecular complexity index is 384. The molecule has 0 radical (unpaired) electrons. The van der Waals surface area contributed by atoms with E-state index in [1.165, 1.54) is 9.13 Å². The van der Waals surface area contributed by atoms with Gasteiger partial charge in [0.15, 0.2) is 0 Å². The van der Waals surface area contributed by atoms with Crippen LogP contribution in [0, 0.1) is 3.57 Å². The van der Waals surface area contributed by atoms with Crippen LogP contribution in [0.3, 0.4) is 0 Å². The number of aliphatic hydroxyl groups is 1. The normalized spacial score (nSPS) is 20.5. The fourth-order valence-electron chi connectivity index (χ4n) is 2.00. The van der Waals surface area contributed by atoms with Gasteiger partial charge in [0, 0.05) is 28.1 Å². The van der Waals surface area contributed by atoms with Gasteiger partial charge in [-0.05, 0) is 47.2 Å². The first kappa shape index (κ1) is 13.1. The fraction of sp³-hybridized carbons (Fsp3) is 0.538. The van der Waals surface area contributed by atoms with E-state index in [0.29, 0.717) is 12.6 Å². The average Bonchev–Trinajstić information content (AvgIpc) is 2.35. The number of benzene rings is 1. The molecule has 3 nitrogen and oxygen atoms in total. The van der Waals surface area contributed by atoms with Gasteiger partial charge in [-0.25, -0.2) is 0 Å². The minimum atomic E-state index is -0.260. The number of rotatable bonds is 4. The van der Waals surface area contributed by atoms with Crippen LogP contribution in [0.1, 0.15) is 31.4 Å². The standard InChI is InChI=1S/C13H18INO2/c1-2-10(16)8-15-12-5-6-17-13-4-3-9(14)7-11(12)13/h3-4,7,10,12,15-16H,2,5-6,8H2,1H3/t10?,12-/m0/s1. The van der Waals surface area contributed by atoms with Gasteiger partial charge >= 0.3 is 0 Å². The summed E-state index contributed by atoms with van der Waals surface area (Å²) >= 11 is 2.31. The van der Waals surface area contributed by atoms with Crippen molar-refractivity contribution in [1.29, 1.82) is 0 Å². The van der Waals surface area contributed by atoms with Crippen LogP contribution in [0.5, 0.6) is 5.75 Å². The highest BCUT2D eigenvalue weighted by molar-refractivity contribution is 14.1. The first-order chi connectivity index (χ1) is 8.20. The lowest BCUT2D eigenvalue weighted by atomic mass is 10.0. The summed E-state index contributed by atoms with van der Waals surface area (Å²) in [5, 5.41) is 13.0. The molecule has 94 valence electrons. The minimum absolute atomic E-state index is 0.260. The lowest BCUT2D eigenvalue weighted by Gasteiger charge is -2.27. The maximum absolute atomic E-state index is 9.60. The second-order valence-corrected chi connectivity index (χ2v) is 5.59. The van der Waals surface area contributed by atoms with Crippen molar-refractivity contribution < 1.29 is 9.84 Å². The monoisotopic (exact) mass is 347 g/mol. The second-order valence-electron chi connectivity index (χ2n) is 4.34. The fourth-order valence-corrected chi connectivity index (χ4v) is 2.52. The Morgan fingerprint density at radius 3 is 3.18 bits per heavy atom. The molecule has 2 N–H and O–H groups in total. The van der Waals surface area contributed by atoms with Crippen LogP contribution in [-0.4, -0.2) is 24.4 Å². The van der Waals surface area contributed by atoms with Gasteiger partial charge in [0.1, 0.15) is 5.75 Å². The van der Waals surface area contributed by atoms with Crippen LogP contribution in [0.2, 0.25) is 0 Å². The summed E-state index contributed by atoms with van der Waals surface area (Å²) in [4.78, 5) is 0. The Balaban J connectivity index is 2.08. The van der Waals surface area contributed by atoms with E-state index in [9.17, 15) is 5.11 Å². The van der Waals surface area contributed by atoms with Crippen LogP contribution in [0.25, 0.3) is 0 Å². The molecule has 1 aliphatic heterocycles. The smallest absolute Gasteiger partial charge is 0.124 e. The number of halogens is 1. The van der Waals surface area contributed by atoms with Crippen LogP contribution in [0.15, 0.2) is 18.2 Å². The summed E-state index contributed by atoms with van der Waals surface area (Å²) < 4.78 is 6.85. The largest absolute Gasteiger partial charge is 0.493 e. The van der Waals surface area contributed by atoms with Crippen LogP contribution >= 0.6 is 22.6 Å².